The fourth-order valence-electron chi connectivity index (χ4n) is 3.08. The third-order valence-corrected chi connectivity index (χ3v) is 4.99. The van der Waals surface area contributed by atoms with Gasteiger partial charge in [0.15, 0.2) is 5.13 Å². The van der Waals surface area contributed by atoms with Gasteiger partial charge in [0.05, 0.1) is 11.2 Å². The summed E-state index contributed by atoms with van der Waals surface area (Å²) in [5, 5.41) is 6.87. The lowest BCUT2D eigenvalue weighted by Crippen LogP contribution is -2.37. The molecule has 1 aliphatic heterocycles. The van der Waals surface area contributed by atoms with Crippen molar-refractivity contribution in [1.29, 1.82) is 0 Å². The van der Waals surface area contributed by atoms with E-state index in [9.17, 15) is 4.79 Å². The molecule has 2 aromatic heterocycles. The molecule has 1 aliphatic carbocycles. The molecule has 1 saturated carbocycles. The van der Waals surface area contributed by atoms with Gasteiger partial charge in [-0.25, -0.2) is 15.0 Å². The number of carbonyl (C=O) groups excluding carboxylic acids is 1. The molecule has 1 fully saturated rings. The van der Waals surface area contributed by atoms with Crippen molar-refractivity contribution in [3.63, 3.8) is 0 Å². The summed E-state index contributed by atoms with van der Waals surface area (Å²) >= 11 is 1.36. The van der Waals surface area contributed by atoms with Crippen LogP contribution >= 0.6 is 11.3 Å². The van der Waals surface area contributed by atoms with Crippen LogP contribution in [0.2, 0.25) is 0 Å². The third kappa shape index (κ3) is 1.94. The fraction of sp³-hybridized carbons (Fsp3) is 0.385. The number of hydrogen-bond acceptors (Lipinski definition) is 7. The number of nitrogens with zero attached hydrogens (tertiary/aromatic N) is 3. The lowest BCUT2D eigenvalue weighted by Gasteiger charge is -2.22. The summed E-state index contributed by atoms with van der Waals surface area (Å²) in [7, 11) is 0. The molecular formula is C13H14N6OS. The van der Waals surface area contributed by atoms with Crippen molar-refractivity contribution in [2.75, 3.05) is 11.1 Å². The Bertz CT molecular complexity index is 721. The van der Waals surface area contributed by atoms with E-state index in [0.717, 1.165) is 31.4 Å². The molecule has 0 saturated heterocycles. The number of nitrogen functional groups attached to an aromatic ring is 1. The van der Waals surface area contributed by atoms with Crippen LogP contribution in [-0.2, 0) is 5.54 Å². The molecule has 2 aliphatic rings. The number of aromatic nitrogens is 3. The number of carbonyl (C=O) groups is 1. The minimum atomic E-state index is -0.243. The molecule has 1 spiro atoms. The van der Waals surface area contributed by atoms with Crippen LogP contribution in [0.15, 0.2) is 12.4 Å². The second-order valence-corrected chi connectivity index (χ2v) is 6.39. The SMILES string of the molecule is Nc1cc(Nc2nc3c(s2)C(=O)NC32CCCC2)ncn1. The van der Waals surface area contributed by atoms with Gasteiger partial charge in [-0.15, -0.1) is 0 Å². The molecule has 0 aromatic carbocycles. The maximum Gasteiger partial charge on any atom is 0.264 e. The highest BCUT2D eigenvalue weighted by atomic mass is 32.1. The third-order valence-electron chi connectivity index (χ3n) is 4.02. The van der Waals surface area contributed by atoms with E-state index in [1.807, 2.05) is 0 Å². The molecule has 2 aromatic rings. The highest BCUT2D eigenvalue weighted by Gasteiger charge is 2.47. The van der Waals surface area contributed by atoms with Crippen LogP contribution in [0, 0.1) is 0 Å². The fourth-order valence-corrected chi connectivity index (χ4v) is 4.04. The largest absolute Gasteiger partial charge is 0.384 e. The average molecular weight is 302 g/mol. The van der Waals surface area contributed by atoms with E-state index in [4.69, 9.17) is 5.73 Å². The Kier molecular flexibility index (Phi) is 2.61. The zero-order valence-corrected chi connectivity index (χ0v) is 12.0. The Morgan fingerprint density at radius 1 is 1.33 bits per heavy atom. The Balaban J connectivity index is 1.68. The summed E-state index contributed by atoms with van der Waals surface area (Å²) in [6, 6.07) is 1.64. The van der Waals surface area contributed by atoms with E-state index in [1.165, 1.54) is 17.7 Å². The van der Waals surface area contributed by atoms with E-state index in [2.05, 4.69) is 25.6 Å². The maximum absolute atomic E-state index is 12.1. The van der Waals surface area contributed by atoms with Gasteiger partial charge in [-0.05, 0) is 12.8 Å². The average Bonchev–Trinajstić information content (AvgIpc) is 3.11. The molecule has 3 heterocycles. The number of nitrogens with two attached hydrogens (primary N) is 1. The Labute approximate surface area is 125 Å². The quantitative estimate of drug-likeness (QED) is 0.780. The summed E-state index contributed by atoms with van der Waals surface area (Å²) < 4.78 is 0. The van der Waals surface area contributed by atoms with Gasteiger partial charge >= 0.3 is 0 Å². The number of nitrogens with one attached hydrogen (secondary N) is 2. The molecule has 4 N–H and O–H groups in total. The molecule has 1 amide bonds. The van der Waals surface area contributed by atoms with Crippen LogP contribution in [0.25, 0.3) is 0 Å². The second-order valence-electron chi connectivity index (χ2n) is 5.39. The number of hydrogen-bond donors (Lipinski definition) is 3. The van der Waals surface area contributed by atoms with Gasteiger partial charge in [0.1, 0.15) is 22.8 Å². The summed E-state index contributed by atoms with van der Waals surface area (Å²) in [6.07, 6.45) is 5.58. The molecule has 8 heteroatoms. The number of thiazole rings is 1. The van der Waals surface area contributed by atoms with Gasteiger partial charge in [0.2, 0.25) is 0 Å². The molecular weight excluding hydrogens is 288 g/mol. The monoisotopic (exact) mass is 302 g/mol. The first-order chi connectivity index (χ1) is 10.2. The van der Waals surface area contributed by atoms with Crippen molar-refractivity contribution in [3.8, 4) is 0 Å². The maximum atomic E-state index is 12.1. The van der Waals surface area contributed by atoms with E-state index < -0.39 is 0 Å². The van der Waals surface area contributed by atoms with Crippen molar-refractivity contribution in [2.24, 2.45) is 0 Å². The van der Waals surface area contributed by atoms with E-state index in [-0.39, 0.29) is 11.4 Å². The lowest BCUT2D eigenvalue weighted by atomic mass is 9.96. The first kappa shape index (κ1) is 12.5. The van der Waals surface area contributed by atoms with Crippen LogP contribution in [0.5, 0.6) is 0 Å². The predicted molar refractivity (Wildman–Crippen MR) is 79.5 cm³/mol. The van der Waals surface area contributed by atoms with Crippen LogP contribution in [0.4, 0.5) is 16.8 Å². The van der Waals surface area contributed by atoms with Gasteiger partial charge in [-0.1, -0.05) is 24.2 Å². The zero-order valence-electron chi connectivity index (χ0n) is 11.2. The topological polar surface area (TPSA) is 106 Å². The van der Waals surface area contributed by atoms with Gasteiger partial charge in [-0.2, -0.15) is 0 Å². The Hall–Kier alpha value is -2.22. The molecule has 7 nitrogen and oxygen atoms in total. The van der Waals surface area contributed by atoms with Crippen molar-refractivity contribution in [2.45, 2.75) is 31.2 Å². The highest BCUT2D eigenvalue weighted by molar-refractivity contribution is 7.17. The van der Waals surface area contributed by atoms with E-state index in [0.29, 0.717) is 21.6 Å². The van der Waals surface area contributed by atoms with Crippen LogP contribution in [0.3, 0.4) is 0 Å². The normalized spacial score (nSPS) is 18.8. The first-order valence-corrected chi connectivity index (χ1v) is 7.66. The number of rotatable bonds is 2. The summed E-state index contributed by atoms with van der Waals surface area (Å²) in [5.41, 5.74) is 6.27. The van der Waals surface area contributed by atoms with Crippen molar-refractivity contribution in [1.82, 2.24) is 20.3 Å². The second kappa shape index (κ2) is 4.39. The Morgan fingerprint density at radius 3 is 2.90 bits per heavy atom. The highest BCUT2D eigenvalue weighted by Crippen LogP contribution is 2.46. The lowest BCUT2D eigenvalue weighted by molar-refractivity contribution is 0.0933. The van der Waals surface area contributed by atoms with Gasteiger partial charge in [-0.3, -0.25) is 4.79 Å². The standard InChI is InChI=1S/C13H14N6OS/c14-7-5-8(16-6-15-7)17-12-18-10-9(21-12)11(20)19-13(10)3-1-2-4-13/h5-6H,1-4H2,(H,19,20)(H3,14,15,16,17,18). The predicted octanol–water partition coefficient (Wildman–Crippen LogP) is 1.77. The van der Waals surface area contributed by atoms with Crippen molar-refractivity contribution < 1.29 is 4.79 Å². The Morgan fingerprint density at radius 2 is 2.14 bits per heavy atom. The van der Waals surface area contributed by atoms with E-state index in [1.54, 1.807) is 6.07 Å². The minimum Gasteiger partial charge on any atom is -0.384 e. The molecule has 4 rings (SSSR count). The molecule has 0 bridgehead atoms. The number of amides is 1. The van der Waals surface area contributed by atoms with Gasteiger partial charge in [0.25, 0.3) is 5.91 Å². The molecule has 0 radical (unpaired) electrons. The number of fused-ring (bicyclic) bond motifs is 2. The molecule has 21 heavy (non-hydrogen) atoms. The smallest absolute Gasteiger partial charge is 0.264 e. The summed E-state index contributed by atoms with van der Waals surface area (Å²) in [4.78, 5) is 25.4. The minimum absolute atomic E-state index is 0.0142. The van der Waals surface area contributed by atoms with Crippen LogP contribution in [0.1, 0.15) is 41.0 Å². The van der Waals surface area contributed by atoms with Crippen LogP contribution < -0.4 is 16.4 Å². The number of anilines is 3. The summed E-state index contributed by atoms with van der Waals surface area (Å²) in [6.45, 7) is 0. The van der Waals surface area contributed by atoms with Crippen LogP contribution in [-0.4, -0.2) is 20.9 Å². The summed E-state index contributed by atoms with van der Waals surface area (Å²) in [5.74, 6) is 0.956. The van der Waals surface area contributed by atoms with Crippen molar-refractivity contribution >= 4 is 34.0 Å². The van der Waals surface area contributed by atoms with Gasteiger partial charge in [0, 0.05) is 6.07 Å². The zero-order chi connectivity index (χ0) is 14.4. The molecule has 0 unspecified atom stereocenters. The molecule has 0 atom stereocenters. The molecule has 108 valence electrons. The van der Waals surface area contributed by atoms with Crippen molar-refractivity contribution in [3.05, 3.63) is 23.0 Å². The van der Waals surface area contributed by atoms with Gasteiger partial charge < -0.3 is 16.4 Å². The van der Waals surface area contributed by atoms with E-state index >= 15 is 0 Å². The first-order valence-electron chi connectivity index (χ1n) is 6.85.